The molecule has 1 saturated heterocycles. The fourth-order valence-electron chi connectivity index (χ4n) is 5.43. The molecule has 4 nitrogen and oxygen atoms in total. The van der Waals surface area contributed by atoms with E-state index >= 15 is 0 Å². The van der Waals surface area contributed by atoms with Crippen LogP contribution < -0.4 is 9.47 Å². The van der Waals surface area contributed by atoms with E-state index in [2.05, 4.69) is 88.9 Å². The molecule has 0 radical (unpaired) electrons. The highest BCUT2D eigenvalue weighted by Crippen LogP contribution is 2.41. The van der Waals surface area contributed by atoms with Crippen LogP contribution in [0.3, 0.4) is 0 Å². The highest BCUT2D eigenvalue weighted by molar-refractivity contribution is 5.77. The summed E-state index contributed by atoms with van der Waals surface area (Å²) in [4.78, 5) is 14.4. The van der Waals surface area contributed by atoms with Crippen LogP contribution in [0.5, 0.6) is 11.5 Å². The van der Waals surface area contributed by atoms with Crippen molar-refractivity contribution in [2.24, 2.45) is 5.92 Å². The molecule has 0 saturated carbocycles. The van der Waals surface area contributed by atoms with E-state index in [4.69, 9.17) is 9.47 Å². The van der Waals surface area contributed by atoms with Crippen LogP contribution in [0.4, 0.5) is 4.39 Å². The zero-order valence-electron chi connectivity index (χ0n) is 29.2. The standard InChI is InChI=1S/C29H41NO3.C8H9F.C3H8/c1-6-8-25-16-24(11-14-29(25)32-15-7-2)26-17-28(30(19-26)18-22(5)31)23-9-12-27(13-10-23)33-20-21(3)4;1-2-7-4-3-5-8(9)6-7;1-3-2/h9-14,16,21,26,28H,6-8,15,17-20H2,1-5H3;3-6H,2H2,1H3;3H2,1-2H3. The van der Waals surface area contributed by atoms with Crippen LogP contribution in [0.15, 0.2) is 66.7 Å². The topological polar surface area (TPSA) is 38.8 Å². The first kappa shape index (κ1) is 38.0. The fraction of sp³-hybridized carbons (Fsp3) is 0.525. The normalized spacial score (nSPS) is 16.0. The van der Waals surface area contributed by atoms with Crippen LogP contribution >= 0.6 is 0 Å². The van der Waals surface area contributed by atoms with E-state index in [1.165, 1.54) is 29.2 Å². The van der Waals surface area contributed by atoms with Crippen molar-refractivity contribution in [1.82, 2.24) is 4.90 Å². The number of hydrogen-bond acceptors (Lipinski definition) is 4. The number of aryl methyl sites for hydroxylation is 2. The average molecular weight is 620 g/mol. The first-order valence-corrected chi connectivity index (χ1v) is 17.1. The number of benzene rings is 3. The molecule has 1 heterocycles. The number of hydrogen-bond donors (Lipinski definition) is 0. The summed E-state index contributed by atoms with van der Waals surface area (Å²) in [6.07, 6.45) is 6.30. The lowest BCUT2D eigenvalue weighted by Crippen LogP contribution is -2.28. The first-order valence-electron chi connectivity index (χ1n) is 17.1. The third kappa shape index (κ3) is 13.4. The first-order chi connectivity index (χ1) is 21.6. The van der Waals surface area contributed by atoms with E-state index in [0.717, 1.165) is 68.9 Å². The van der Waals surface area contributed by atoms with Gasteiger partial charge in [-0.1, -0.05) is 97.7 Å². The molecule has 248 valence electrons. The second-order valence-electron chi connectivity index (χ2n) is 12.5. The Kier molecular flexibility index (Phi) is 17.5. The Morgan fingerprint density at radius 1 is 0.911 bits per heavy atom. The largest absolute Gasteiger partial charge is 0.493 e. The van der Waals surface area contributed by atoms with Gasteiger partial charge in [0.2, 0.25) is 0 Å². The Labute approximate surface area is 273 Å². The number of rotatable bonds is 13. The summed E-state index contributed by atoms with van der Waals surface area (Å²) in [5.74, 6) is 2.91. The molecule has 0 bridgehead atoms. The van der Waals surface area contributed by atoms with Crippen LogP contribution in [-0.2, 0) is 17.6 Å². The Morgan fingerprint density at radius 2 is 1.60 bits per heavy atom. The van der Waals surface area contributed by atoms with Crippen molar-refractivity contribution in [3.8, 4) is 11.5 Å². The van der Waals surface area contributed by atoms with Gasteiger partial charge in [-0.25, -0.2) is 4.39 Å². The summed E-state index contributed by atoms with van der Waals surface area (Å²) >= 11 is 0. The lowest BCUT2D eigenvalue weighted by molar-refractivity contribution is -0.118. The maximum Gasteiger partial charge on any atom is 0.143 e. The van der Waals surface area contributed by atoms with Gasteiger partial charge in [0.1, 0.15) is 23.1 Å². The van der Waals surface area contributed by atoms with Crippen LogP contribution in [0.1, 0.15) is 115 Å². The average Bonchev–Trinajstić information content (AvgIpc) is 3.43. The lowest BCUT2D eigenvalue weighted by atomic mass is 9.92. The Morgan fingerprint density at radius 3 is 2.16 bits per heavy atom. The van der Waals surface area contributed by atoms with Crippen molar-refractivity contribution in [2.75, 3.05) is 26.3 Å². The maximum absolute atomic E-state index is 12.4. The third-order valence-electron chi connectivity index (χ3n) is 7.51. The second-order valence-corrected chi connectivity index (χ2v) is 12.5. The lowest BCUT2D eigenvalue weighted by Gasteiger charge is -2.23. The number of halogens is 1. The quantitative estimate of drug-likeness (QED) is 0.191. The number of likely N-dealkylation sites (tertiary alicyclic amines) is 1. The molecule has 1 fully saturated rings. The van der Waals surface area contributed by atoms with E-state index in [1.54, 1.807) is 19.1 Å². The molecular weight excluding hydrogens is 561 g/mol. The van der Waals surface area contributed by atoms with Crippen molar-refractivity contribution < 1.29 is 18.7 Å². The van der Waals surface area contributed by atoms with E-state index < -0.39 is 0 Å². The minimum atomic E-state index is -0.144. The molecular formula is C40H58FNO3. The number of ketones is 1. The molecule has 1 aliphatic rings. The predicted octanol–water partition coefficient (Wildman–Crippen LogP) is 10.4. The van der Waals surface area contributed by atoms with E-state index in [0.29, 0.717) is 18.4 Å². The van der Waals surface area contributed by atoms with Crippen molar-refractivity contribution in [2.45, 2.75) is 106 Å². The highest BCUT2D eigenvalue weighted by Gasteiger charge is 2.34. The van der Waals surface area contributed by atoms with Crippen molar-refractivity contribution in [3.63, 3.8) is 0 Å². The molecule has 0 aliphatic carbocycles. The van der Waals surface area contributed by atoms with Gasteiger partial charge in [-0.3, -0.25) is 9.69 Å². The SMILES string of the molecule is CCC.CCCOc1ccc(C2CC(c3ccc(OCC(C)C)cc3)N(CC(C)=O)C2)cc1CCC.CCc1cccc(F)c1. The van der Waals surface area contributed by atoms with Gasteiger partial charge in [0.25, 0.3) is 0 Å². The maximum atomic E-state index is 12.4. The minimum absolute atomic E-state index is 0.144. The number of nitrogens with zero attached hydrogens (tertiary/aromatic N) is 1. The Hall–Kier alpha value is -3.18. The van der Waals surface area contributed by atoms with E-state index in [-0.39, 0.29) is 17.6 Å². The van der Waals surface area contributed by atoms with E-state index in [1.807, 2.05) is 13.0 Å². The van der Waals surface area contributed by atoms with Crippen LogP contribution in [0, 0.1) is 11.7 Å². The van der Waals surface area contributed by atoms with Gasteiger partial charge in [0.15, 0.2) is 0 Å². The summed E-state index contributed by atoms with van der Waals surface area (Å²) in [5.41, 5.74) is 4.97. The number of ether oxygens (including phenoxy) is 2. The summed E-state index contributed by atoms with van der Waals surface area (Å²) in [7, 11) is 0. The molecule has 5 heteroatoms. The molecule has 0 N–H and O–H groups in total. The molecule has 45 heavy (non-hydrogen) atoms. The Balaban J connectivity index is 0.000000493. The number of carbonyl (C=O) groups excluding carboxylic acids is 1. The van der Waals surface area contributed by atoms with Gasteiger partial charge in [0, 0.05) is 12.6 Å². The van der Waals surface area contributed by atoms with Gasteiger partial charge in [-0.15, -0.1) is 0 Å². The smallest absolute Gasteiger partial charge is 0.143 e. The Bertz CT molecular complexity index is 1260. The molecule has 1 aliphatic heterocycles. The van der Waals surface area contributed by atoms with Crippen LogP contribution in [-0.4, -0.2) is 37.0 Å². The highest BCUT2D eigenvalue weighted by atomic mass is 19.1. The third-order valence-corrected chi connectivity index (χ3v) is 7.51. The zero-order chi connectivity index (χ0) is 33.2. The molecule has 0 spiro atoms. The van der Waals surface area contributed by atoms with Gasteiger partial charge < -0.3 is 9.47 Å². The molecule has 3 aromatic carbocycles. The summed E-state index contributed by atoms with van der Waals surface area (Å²) in [5, 5.41) is 0. The molecule has 2 unspecified atom stereocenters. The summed E-state index contributed by atoms with van der Waals surface area (Å²) in [6, 6.07) is 22.1. The number of Topliss-reactive ketones (excluding diaryl/α,β-unsaturated/α-hetero) is 1. The zero-order valence-corrected chi connectivity index (χ0v) is 29.2. The van der Waals surface area contributed by atoms with Crippen molar-refractivity contribution in [3.05, 3.63) is 94.8 Å². The fourth-order valence-corrected chi connectivity index (χ4v) is 5.43. The molecule has 3 aromatic rings. The molecule has 0 aromatic heterocycles. The van der Waals surface area contributed by atoms with Crippen molar-refractivity contribution in [1.29, 1.82) is 0 Å². The van der Waals surface area contributed by atoms with Gasteiger partial charge in [-0.05, 0) is 97.0 Å². The second kappa shape index (κ2) is 20.8. The minimum Gasteiger partial charge on any atom is -0.493 e. The number of carbonyl (C=O) groups is 1. The van der Waals surface area contributed by atoms with Crippen LogP contribution in [0.2, 0.25) is 0 Å². The van der Waals surface area contributed by atoms with Crippen molar-refractivity contribution >= 4 is 5.78 Å². The summed E-state index contributed by atoms with van der Waals surface area (Å²) in [6.45, 7) is 19.5. The van der Waals surface area contributed by atoms with Gasteiger partial charge in [0.05, 0.1) is 19.8 Å². The summed E-state index contributed by atoms with van der Waals surface area (Å²) < 4.78 is 24.2. The van der Waals surface area contributed by atoms with Crippen LogP contribution in [0.25, 0.3) is 0 Å². The van der Waals surface area contributed by atoms with Gasteiger partial charge in [-0.2, -0.15) is 0 Å². The molecule has 2 atom stereocenters. The monoisotopic (exact) mass is 619 g/mol. The van der Waals surface area contributed by atoms with Gasteiger partial charge >= 0.3 is 0 Å². The predicted molar refractivity (Wildman–Crippen MR) is 187 cm³/mol. The molecule has 4 rings (SSSR count). The molecule has 0 amide bonds. The van der Waals surface area contributed by atoms with E-state index in [9.17, 15) is 9.18 Å².